The van der Waals surface area contributed by atoms with Crippen molar-refractivity contribution < 1.29 is 19.1 Å². The maximum Gasteiger partial charge on any atom is 0.339 e. The molecular formula is C20H20BrNO4. The summed E-state index contributed by atoms with van der Waals surface area (Å²) in [6, 6.07) is 14.1. The first kappa shape index (κ1) is 18.5. The molecule has 0 unspecified atom stereocenters. The van der Waals surface area contributed by atoms with Gasteiger partial charge in [0.1, 0.15) is 5.75 Å². The normalized spacial score (nSPS) is 14.8. The molecule has 1 atom stereocenters. The van der Waals surface area contributed by atoms with Crippen LogP contribution >= 0.6 is 15.9 Å². The lowest BCUT2D eigenvalue weighted by Crippen LogP contribution is -2.34. The zero-order valence-electron chi connectivity index (χ0n) is 14.5. The van der Waals surface area contributed by atoms with Crippen LogP contribution in [0.3, 0.4) is 0 Å². The number of nitrogens with zero attached hydrogens (tertiary/aromatic N) is 1. The molecule has 3 rings (SSSR count). The highest BCUT2D eigenvalue weighted by molar-refractivity contribution is 9.10. The van der Waals surface area contributed by atoms with Crippen molar-refractivity contribution in [1.29, 1.82) is 0 Å². The zero-order valence-corrected chi connectivity index (χ0v) is 16.1. The number of likely N-dealkylation sites (tertiary alicyclic amines) is 1. The third-order valence-electron chi connectivity index (χ3n) is 4.36. The second-order valence-electron chi connectivity index (χ2n) is 6.08. The summed E-state index contributed by atoms with van der Waals surface area (Å²) < 4.78 is 11.5. The third kappa shape index (κ3) is 4.07. The number of methoxy groups -OCH3 is 1. The number of carbonyl (C=O) groups is 2. The Bertz CT molecular complexity index is 788. The predicted octanol–water partition coefficient (Wildman–Crippen LogP) is 3.98. The molecule has 0 aliphatic carbocycles. The molecule has 5 nitrogen and oxygen atoms in total. The van der Waals surface area contributed by atoms with Gasteiger partial charge < -0.3 is 14.4 Å². The van der Waals surface area contributed by atoms with Crippen LogP contribution in [-0.4, -0.2) is 37.0 Å². The van der Waals surface area contributed by atoms with E-state index in [0.717, 1.165) is 12.8 Å². The van der Waals surface area contributed by atoms with Gasteiger partial charge in [0.25, 0.3) is 5.91 Å². The van der Waals surface area contributed by atoms with Crippen molar-refractivity contribution in [2.45, 2.75) is 18.9 Å². The van der Waals surface area contributed by atoms with E-state index in [1.54, 1.807) is 42.3 Å². The van der Waals surface area contributed by atoms with Gasteiger partial charge in [-0.05, 0) is 47.0 Å². The average molecular weight is 418 g/mol. The van der Waals surface area contributed by atoms with Gasteiger partial charge in [-0.3, -0.25) is 4.79 Å². The summed E-state index contributed by atoms with van der Waals surface area (Å²) in [4.78, 5) is 27.3. The second kappa shape index (κ2) is 8.36. The fourth-order valence-electron chi connectivity index (χ4n) is 2.96. The van der Waals surface area contributed by atoms with Gasteiger partial charge in [0.2, 0.25) is 6.10 Å². The Morgan fingerprint density at radius 2 is 1.77 bits per heavy atom. The lowest BCUT2D eigenvalue weighted by atomic mass is 10.1. The molecule has 0 saturated carbocycles. The zero-order chi connectivity index (χ0) is 18.5. The Kier molecular flexibility index (Phi) is 5.93. The largest absolute Gasteiger partial charge is 0.496 e. The van der Waals surface area contributed by atoms with E-state index in [-0.39, 0.29) is 5.91 Å². The van der Waals surface area contributed by atoms with Crippen LogP contribution in [-0.2, 0) is 9.53 Å². The highest BCUT2D eigenvalue weighted by Crippen LogP contribution is 2.28. The minimum Gasteiger partial charge on any atom is -0.496 e. The van der Waals surface area contributed by atoms with Crippen LogP contribution in [0.4, 0.5) is 0 Å². The highest BCUT2D eigenvalue weighted by Gasteiger charge is 2.31. The van der Waals surface area contributed by atoms with Crippen molar-refractivity contribution in [3.8, 4) is 5.75 Å². The van der Waals surface area contributed by atoms with Gasteiger partial charge in [-0.25, -0.2) is 4.79 Å². The van der Waals surface area contributed by atoms with Crippen LogP contribution in [0, 0.1) is 0 Å². The lowest BCUT2D eigenvalue weighted by molar-refractivity contribution is -0.140. The van der Waals surface area contributed by atoms with Gasteiger partial charge in [-0.15, -0.1) is 0 Å². The van der Waals surface area contributed by atoms with Crippen molar-refractivity contribution in [2.24, 2.45) is 0 Å². The molecule has 0 bridgehead atoms. The van der Waals surface area contributed by atoms with E-state index in [4.69, 9.17) is 9.47 Å². The second-order valence-corrected chi connectivity index (χ2v) is 6.93. The van der Waals surface area contributed by atoms with Gasteiger partial charge in [0.15, 0.2) is 0 Å². The number of ether oxygens (including phenoxy) is 2. The smallest absolute Gasteiger partial charge is 0.339 e. The first-order valence-corrected chi connectivity index (χ1v) is 9.27. The molecule has 0 aromatic heterocycles. The Balaban J connectivity index is 1.84. The van der Waals surface area contributed by atoms with E-state index >= 15 is 0 Å². The Labute approximate surface area is 161 Å². The predicted molar refractivity (Wildman–Crippen MR) is 101 cm³/mol. The number of hydrogen-bond donors (Lipinski definition) is 0. The standard InChI is InChI=1S/C20H20BrNO4/c1-25-17-10-9-15(13-16(17)21)20(24)26-18(14-7-3-2-4-8-14)19(23)22-11-5-6-12-22/h2-4,7-10,13,18H,5-6,11-12H2,1H3/t18-/m0/s1. The molecule has 2 aromatic rings. The van der Waals surface area contributed by atoms with E-state index in [9.17, 15) is 9.59 Å². The number of carbonyl (C=O) groups excluding carboxylic acids is 2. The van der Waals surface area contributed by atoms with Crippen LogP contribution in [0.5, 0.6) is 5.75 Å². The number of hydrogen-bond acceptors (Lipinski definition) is 4. The first-order valence-electron chi connectivity index (χ1n) is 8.48. The number of amides is 1. The Morgan fingerprint density at radius 1 is 1.08 bits per heavy atom. The van der Waals surface area contributed by atoms with E-state index in [0.29, 0.717) is 34.4 Å². The van der Waals surface area contributed by atoms with E-state index in [1.165, 1.54) is 0 Å². The molecule has 0 radical (unpaired) electrons. The summed E-state index contributed by atoms with van der Waals surface area (Å²) in [5.74, 6) is -0.0984. The SMILES string of the molecule is COc1ccc(C(=O)O[C@H](C(=O)N2CCCC2)c2ccccc2)cc1Br. The molecule has 1 fully saturated rings. The van der Waals surface area contributed by atoms with Crippen LogP contribution in [0.1, 0.15) is 34.9 Å². The van der Waals surface area contributed by atoms with Crippen molar-refractivity contribution >= 4 is 27.8 Å². The quantitative estimate of drug-likeness (QED) is 0.690. The van der Waals surface area contributed by atoms with Crippen molar-refractivity contribution in [1.82, 2.24) is 4.90 Å². The highest BCUT2D eigenvalue weighted by atomic mass is 79.9. The van der Waals surface area contributed by atoms with E-state index < -0.39 is 12.1 Å². The average Bonchev–Trinajstić information content (AvgIpc) is 3.21. The van der Waals surface area contributed by atoms with Crippen LogP contribution in [0.2, 0.25) is 0 Å². The molecule has 0 N–H and O–H groups in total. The van der Waals surface area contributed by atoms with Crippen LogP contribution in [0.25, 0.3) is 0 Å². The fraction of sp³-hybridized carbons (Fsp3) is 0.300. The summed E-state index contributed by atoms with van der Waals surface area (Å²) in [7, 11) is 1.55. The Hall–Kier alpha value is -2.34. The van der Waals surface area contributed by atoms with Gasteiger partial charge >= 0.3 is 5.97 Å². The number of rotatable bonds is 5. The maximum absolute atomic E-state index is 12.9. The molecule has 6 heteroatoms. The molecule has 1 amide bonds. The molecule has 1 heterocycles. The van der Waals surface area contributed by atoms with Crippen LogP contribution < -0.4 is 4.74 Å². The molecule has 1 saturated heterocycles. The fourth-order valence-corrected chi connectivity index (χ4v) is 3.50. The van der Waals surface area contributed by atoms with E-state index in [1.807, 2.05) is 18.2 Å². The summed E-state index contributed by atoms with van der Waals surface area (Å²) in [6.45, 7) is 1.40. The summed E-state index contributed by atoms with van der Waals surface area (Å²) in [5, 5.41) is 0. The van der Waals surface area contributed by atoms with Gasteiger partial charge in [-0.2, -0.15) is 0 Å². The Morgan fingerprint density at radius 3 is 2.38 bits per heavy atom. The lowest BCUT2D eigenvalue weighted by Gasteiger charge is -2.23. The van der Waals surface area contributed by atoms with Gasteiger partial charge in [0.05, 0.1) is 17.1 Å². The third-order valence-corrected chi connectivity index (χ3v) is 4.98. The minimum atomic E-state index is -0.942. The van der Waals surface area contributed by atoms with Gasteiger partial charge in [-0.1, -0.05) is 30.3 Å². The number of esters is 1. The maximum atomic E-state index is 12.9. The monoisotopic (exact) mass is 417 g/mol. The molecule has 26 heavy (non-hydrogen) atoms. The van der Waals surface area contributed by atoms with E-state index in [2.05, 4.69) is 15.9 Å². The van der Waals surface area contributed by atoms with Crippen molar-refractivity contribution in [3.05, 3.63) is 64.1 Å². The molecular weight excluding hydrogens is 398 g/mol. The molecule has 136 valence electrons. The topological polar surface area (TPSA) is 55.8 Å². The summed E-state index contributed by atoms with van der Waals surface area (Å²) in [5.41, 5.74) is 1.03. The summed E-state index contributed by atoms with van der Waals surface area (Å²) >= 11 is 3.36. The minimum absolute atomic E-state index is 0.172. The number of benzene rings is 2. The van der Waals surface area contributed by atoms with Crippen molar-refractivity contribution in [3.63, 3.8) is 0 Å². The van der Waals surface area contributed by atoms with Crippen LogP contribution in [0.15, 0.2) is 53.0 Å². The molecule has 1 aliphatic heterocycles. The molecule has 0 spiro atoms. The number of halogens is 1. The van der Waals surface area contributed by atoms with Crippen molar-refractivity contribution in [2.75, 3.05) is 20.2 Å². The molecule has 1 aliphatic rings. The molecule has 2 aromatic carbocycles. The first-order chi connectivity index (χ1) is 12.6. The van der Waals surface area contributed by atoms with Gasteiger partial charge in [0, 0.05) is 18.7 Å². The summed E-state index contributed by atoms with van der Waals surface area (Å²) in [6.07, 6.45) is 1.02.